The maximum Gasteiger partial charge on any atom is 0.105 e. The molecular formula is C14H24N2O. The lowest BCUT2D eigenvalue weighted by molar-refractivity contribution is 0.0961. The van der Waals surface area contributed by atoms with Crippen molar-refractivity contribution in [3.05, 3.63) is 24.2 Å². The van der Waals surface area contributed by atoms with E-state index in [4.69, 9.17) is 10.3 Å². The lowest BCUT2D eigenvalue weighted by Gasteiger charge is -2.42. The zero-order chi connectivity index (χ0) is 12.3. The molecule has 0 radical (unpaired) electrons. The molecule has 0 amide bonds. The van der Waals surface area contributed by atoms with Crippen LogP contribution in [0.4, 0.5) is 0 Å². The normalized spacial score (nSPS) is 25.7. The van der Waals surface area contributed by atoms with Crippen molar-refractivity contribution in [2.45, 2.75) is 52.0 Å². The van der Waals surface area contributed by atoms with E-state index < -0.39 is 0 Å². The van der Waals surface area contributed by atoms with Crippen molar-refractivity contribution >= 4 is 0 Å². The molecule has 1 saturated carbocycles. The molecule has 1 fully saturated rings. The molecule has 1 aliphatic carbocycles. The van der Waals surface area contributed by atoms with Crippen LogP contribution in [0.2, 0.25) is 0 Å². The zero-order valence-electron chi connectivity index (χ0n) is 10.9. The van der Waals surface area contributed by atoms with Crippen LogP contribution in [0.1, 0.15) is 45.3 Å². The molecule has 0 spiro atoms. The second-order valence-electron chi connectivity index (χ2n) is 5.90. The smallest absolute Gasteiger partial charge is 0.105 e. The minimum absolute atomic E-state index is 0.316. The van der Waals surface area contributed by atoms with E-state index >= 15 is 0 Å². The lowest BCUT2D eigenvalue weighted by Crippen LogP contribution is -2.48. The molecule has 2 rings (SSSR count). The van der Waals surface area contributed by atoms with Gasteiger partial charge in [-0.2, -0.15) is 0 Å². The molecule has 1 heterocycles. The average Bonchev–Trinajstić information content (AvgIpc) is 2.79. The third-order valence-corrected chi connectivity index (χ3v) is 4.29. The molecule has 0 aromatic carbocycles. The fourth-order valence-corrected chi connectivity index (χ4v) is 3.23. The molecule has 1 aliphatic rings. The zero-order valence-corrected chi connectivity index (χ0v) is 10.9. The summed E-state index contributed by atoms with van der Waals surface area (Å²) in [7, 11) is 0. The summed E-state index contributed by atoms with van der Waals surface area (Å²) in [5, 5.41) is 0. The van der Waals surface area contributed by atoms with Crippen molar-refractivity contribution < 1.29 is 4.42 Å². The van der Waals surface area contributed by atoms with Gasteiger partial charge in [0.05, 0.1) is 6.26 Å². The van der Waals surface area contributed by atoms with Crippen molar-refractivity contribution in [2.24, 2.45) is 17.2 Å². The molecule has 3 heteroatoms. The Morgan fingerprint density at radius 2 is 2.35 bits per heavy atom. The summed E-state index contributed by atoms with van der Waals surface area (Å²) >= 11 is 0. The number of hydrogen-bond acceptors (Lipinski definition) is 3. The van der Waals surface area contributed by atoms with Crippen molar-refractivity contribution in [1.82, 2.24) is 5.43 Å². The van der Waals surface area contributed by atoms with Gasteiger partial charge in [-0.15, -0.1) is 0 Å². The number of hydrazine groups is 1. The number of hydrogen-bond donors (Lipinski definition) is 2. The monoisotopic (exact) mass is 236 g/mol. The Hall–Kier alpha value is -0.800. The van der Waals surface area contributed by atoms with Gasteiger partial charge in [-0.25, -0.2) is 0 Å². The van der Waals surface area contributed by atoms with E-state index in [0.29, 0.717) is 17.4 Å². The third-order valence-electron chi connectivity index (χ3n) is 4.29. The Morgan fingerprint density at radius 1 is 1.53 bits per heavy atom. The predicted molar refractivity (Wildman–Crippen MR) is 69.3 cm³/mol. The van der Waals surface area contributed by atoms with Gasteiger partial charge >= 0.3 is 0 Å². The fourth-order valence-electron chi connectivity index (χ4n) is 3.23. The maximum absolute atomic E-state index is 5.75. The standard InChI is InChI=1S/C14H24N2O/c1-14(2)8-4-3-7-12(14)13(16-15)10-11-6-5-9-17-11/h5-6,9,12-13,16H,3-4,7-8,10,15H2,1-2H3. The van der Waals surface area contributed by atoms with Crippen molar-refractivity contribution in [1.29, 1.82) is 0 Å². The average molecular weight is 236 g/mol. The van der Waals surface area contributed by atoms with Gasteiger partial charge in [-0.3, -0.25) is 11.3 Å². The molecule has 1 aromatic heterocycles. The Bertz CT molecular complexity index is 332. The van der Waals surface area contributed by atoms with Crippen LogP contribution in [0, 0.1) is 11.3 Å². The van der Waals surface area contributed by atoms with Crippen LogP contribution in [0.3, 0.4) is 0 Å². The molecular weight excluding hydrogens is 212 g/mol. The Labute approximate surface area is 104 Å². The quantitative estimate of drug-likeness (QED) is 0.624. The van der Waals surface area contributed by atoms with Crippen LogP contribution >= 0.6 is 0 Å². The Balaban J connectivity index is 2.06. The van der Waals surface area contributed by atoms with Gasteiger partial charge in [-0.05, 0) is 36.3 Å². The van der Waals surface area contributed by atoms with Crippen LogP contribution < -0.4 is 11.3 Å². The summed E-state index contributed by atoms with van der Waals surface area (Å²) in [5.74, 6) is 7.40. The predicted octanol–water partition coefficient (Wildman–Crippen LogP) is 2.87. The van der Waals surface area contributed by atoms with Gasteiger partial charge < -0.3 is 4.42 Å². The van der Waals surface area contributed by atoms with Crippen LogP contribution in [0.5, 0.6) is 0 Å². The Morgan fingerprint density at radius 3 is 2.94 bits per heavy atom. The molecule has 0 aliphatic heterocycles. The second kappa shape index (κ2) is 5.23. The van der Waals surface area contributed by atoms with Crippen molar-refractivity contribution in [3.63, 3.8) is 0 Å². The molecule has 0 saturated heterocycles. The molecule has 96 valence electrons. The van der Waals surface area contributed by atoms with Gasteiger partial charge in [-0.1, -0.05) is 26.7 Å². The largest absolute Gasteiger partial charge is 0.469 e. The van der Waals surface area contributed by atoms with Crippen molar-refractivity contribution in [2.75, 3.05) is 0 Å². The van der Waals surface area contributed by atoms with E-state index in [9.17, 15) is 0 Å². The molecule has 17 heavy (non-hydrogen) atoms. The number of rotatable bonds is 4. The topological polar surface area (TPSA) is 51.2 Å². The fraction of sp³-hybridized carbons (Fsp3) is 0.714. The maximum atomic E-state index is 5.75. The van der Waals surface area contributed by atoms with Crippen molar-refractivity contribution in [3.8, 4) is 0 Å². The Kier molecular flexibility index (Phi) is 3.89. The first-order chi connectivity index (χ1) is 8.13. The minimum atomic E-state index is 0.316. The summed E-state index contributed by atoms with van der Waals surface area (Å²) in [4.78, 5) is 0. The first kappa shape index (κ1) is 12.7. The molecule has 0 bridgehead atoms. The summed E-state index contributed by atoms with van der Waals surface area (Å²) in [6.07, 6.45) is 7.86. The highest BCUT2D eigenvalue weighted by Crippen LogP contribution is 2.42. The summed E-state index contributed by atoms with van der Waals surface area (Å²) in [6.45, 7) is 4.73. The second-order valence-corrected chi connectivity index (χ2v) is 5.90. The molecule has 3 nitrogen and oxygen atoms in total. The van der Waals surface area contributed by atoms with E-state index in [1.165, 1.54) is 25.7 Å². The van der Waals surface area contributed by atoms with Gasteiger partial charge in [0.25, 0.3) is 0 Å². The molecule has 3 N–H and O–H groups in total. The van der Waals surface area contributed by atoms with E-state index in [1.807, 2.05) is 12.1 Å². The van der Waals surface area contributed by atoms with E-state index in [1.54, 1.807) is 6.26 Å². The van der Waals surface area contributed by atoms with Gasteiger partial charge in [0.15, 0.2) is 0 Å². The van der Waals surface area contributed by atoms with Crippen LogP contribution in [-0.4, -0.2) is 6.04 Å². The lowest BCUT2D eigenvalue weighted by atomic mass is 9.65. The summed E-state index contributed by atoms with van der Waals surface area (Å²) < 4.78 is 5.43. The van der Waals surface area contributed by atoms with Gasteiger partial charge in [0.2, 0.25) is 0 Å². The molecule has 2 atom stereocenters. The highest BCUT2D eigenvalue weighted by molar-refractivity contribution is 5.03. The SMILES string of the molecule is CC1(C)CCCCC1C(Cc1ccco1)NN. The first-order valence-electron chi connectivity index (χ1n) is 6.62. The summed E-state index contributed by atoms with van der Waals surface area (Å²) in [6, 6.07) is 4.28. The summed E-state index contributed by atoms with van der Waals surface area (Å²) in [5.41, 5.74) is 3.38. The minimum Gasteiger partial charge on any atom is -0.469 e. The van der Waals surface area contributed by atoms with E-state index in [2.05, 4.69) is 19.3 Å². The molecule has 2 unspecified atom stereocenters. The highest BCUT2D eigenvalue weighted by Gasteiger charge is 2.37. The highest BCUT2D eigenvalue weighted by atomic mass is 16.3. The van der Waals surface area contributed by atoms with E-state index in [-0.39, 0.29) is 0 Å². The first-order valence-corrected chi connectivity index (χ1v) is 6.62. The number of furan rings is 1. The van der Waals surface area contributed by atoms with Crippen LogP contribution in [0.25, 0.3) is 0 Å². The van der Waals surface area contributed by atoms with Crippen LogP contribution in [0.15, 0.2) is 22.8 Å². The number of nitrogens with one attached hydrogen (secondary N) is 1. The van der Waals surface area contributed by atoms with Crippen LogP contribution in [-0.2, 0) is 6.42 Å². The van der Waals surface area contributed by atoms with E-state index in [0.717, 1.165) is 12.2 Å². The van der Waals surface area contributed by atoms with Gasteiger partial charge in [0, 0.05) is 12.5 Å². The van der Waals surface area contributed by atoms with Gasteiger partial charge in [0.1, 0.15) is 5.76 Å². The third kappa shape index (κ3) is 2.90. The molecule has 1 aromatic rings. The number of nitrogens with two attached hydrogens (primary N) is 1.